The second kappa shape index (κ2) is 9.74. The third-order valence-corrected chi connectivity index (χ3v) is 3.90. The van der Waals surface area contributed by atoms with Crippen LogP contribution in [0.25, 0.3) is 6.08 Å². The van der Waals surface area contributed by atoms with E-state index in [9.17, 15) is 9.59 Å². The van der Waals surface area contributed by atoms with Crippen LogP contribution in [-0.2, 0) is 4.79 Å². The van der Waals surface area contributed by atoms with E-state index in [1.807, 2.05) is 0 Å². The van der Waals surface area contributed by atoms with Gasteiger partial charge in [-0.15, -0.1) is 0 Å². The van der Waals surface area contributed by atoms with Gasteiger partial charge in [-0.25, -0.2) is 0 Å². The summed E-state index contributed by atoms with van der Waals surface area (Å²) in [6.45, 7) is -0.104. The van der Waals surface area contributed by atoms with Crippen LogP contribution in [0.15, 0.2) is 58.7 Å². The van der Waals surface area contributed by atoms with Gasteiger partial charge >= 0.3 is 0 Å². The minimum absolute atomic E-state index is 0.0774. The smallest absolute Gasteiger partial charge is 0.267 e. The number of halogens is 1. The number of carbonyl (C=O) groups is 2. The van der Waals surface area contributed by atoms with Crippen LogP contribution in [0.2, 0.25) is 0 Å². The number of rotatable bonds is 7. The largest absolute Gasteiger partial charge is 0.497 e. The van der Waals surface area contributed by atoms with Gasteiger partial charge in [-0.1, -0.05) is 34.1 Å². The van der Waals surface area contributed by atoms with E-state index in [4.69, 9.17) is 9.84 Å². The fraction of sp³-hybridized carbons (Fsp3) is 0.158. The zero-order valence-electron chi connectivity index (χ0n) is 14.2. The number of benzene rings is 2. The normalized spacial score (nSPS) is 11.0. The molecule has 2 aromatic carbocycles. The van der Waals surface area contributed by atoms with Crippen molar-refractivity contribution in [2.24, 2.45) is 0 Å². The van der Waals surface area contributed by atoms with Crippen LogP contribution in [-0.4, -0.2) is 37.2 Å². The molecule has 7 heteroatoms. The molecule has 0 radical (unpaired) electrons. The van der Waals surface area contributed by atoms with E-state index in [-0.39, 0.29) is 18.8 Å². The van der Waals surface area contributed by atoms with Crippen molar-refractivity contribution in [1.82, 2.24) is 10.6 Å². The predicted octanol–water partition coefficient (Wildman–Crippen LogP) is 2.34. The van der Waals surface area contributed by atoms with E-state index in [0.717, 1.165) is 10.0 Å². The second-order valence-corrected chi connectivity index (χ2v) is 6.19. The molecule has 0 aliphatic rings. The summed E-state index contributed by atoms with van der Waals surface area (Å²) >= 11 is 3.31. The van der Waals surface area contributed by atoms with Crippen molar-refractivity contribution in [2.45, 2.75) is 0 Å². The minimum atomic E-state index is -0.488. The Labute approximate surface area is 160 Å². The predicted molar refractivity (Wildman–Crippen MR) is 103 cm³/mol. The lowest BCUT2D eigenvalue weighted by atomic mass is 10.1. The van der Waals surface area contributed by atoms with Gasteiger partial charge in [0.05, 0.1) is 13.7 Å². The van der Waals surface area contributed by atoms with Crippen molar-refractivity contribution in [3.05, 3.63) is 69.8 Å². The fourth-order valence-electron chi connectivity index (χ4n) is 2.11. The fourth-order valence-corrected chi connectivity index (χ4v) is 2.51. The molecule has 2 aromatic rings. The van der Waals surface area contributed by atoms with Gasteiger partial charge in [-0.05, 0) is 42.0 Å². The molecule has 0 unspecified atom stereocenters. The lowest BCUT2D eigenvalue weighted by Gasteiger charge is -2.11. The summed E-state index contributed by atoms with van der Waals surface area (Å²) in [5.41, 5.74) is 1.21. The first-order chi connectivity index (χ1) is 12.5. The molecular weight excluding hydrogens is 400 g/mol. The average molecular weight is 419 g/mol. The summed E-state index contributed by atoms with van der Waals surface area (Å²) in [5.74, 6) is -0.213. The molecule has 2 rings (SSSR count). The van der Waals surface area contributed by atoms with Gasteiger partial charge in [0.15, 0.2) is 0 Å². The van der Waals surface area contributed by atoms with Gasteiger partial charge in [0, 0.05) is 16.6 Å². The van der Waals surface area contributed by atoms with Crippen LogP contribution < -0.4 is 15.4 Å². The number of aliphatic hydroxyl groups excluding tert-OH is 1. The van der Waals surface area contributed by atoms with E-state index in [1.54, 1.807) is 61.7 Å². The summed E-state index contributed by atoms with van der Waals surface area (Å²) in [6, 6.07) is 13.9. The molecule has 26 heavy (non-hydrogen) atoms. The molecule has 0 aliphatic heterocycles. The van der Waals surface area contributed by atoms with E-state index < -0.39 is 11.8 Å². The molecule has 0 saturated heterocycles. The first kappa shape index (κ1) is 19.7. The van der Waals surface area contributed by atoms with Gasteiger partial charge in [-0.2, -0.15) is 0 Å². The van der Waals surface area contributed by atoms with E-state index >= 15 is 0 Å². The second-order valence-electron chi connectivity index (χ2n) is 5.28. The number of hydrogen-bond donors (Lipinski definition) is 3. The Bertz CT molecular complexity index is 803. The van der Waals surface area contributed by atoms with Crippen LogP contribution >= 0.6 is 15.9 Å². The molecule has 0 fully saturated rings. The Morgan fingerprint density at radius 2 is 1.92 bits per heavy atom. The number of methoxy groups -OCH3 is 1. The Morgan fingerprint density at radius 3 is 2.54 bits per heavy atom. The number of ether oxygens (including phenoxy) is 1. The van der Waals surface area contributed by atoms with Crippen molar-refractivity contribution >= 4 is 33.8 Å². The first-order valence-electron chi connectivity index (χ1n) is 7.85. The molecule has 3 N–H and O–H groups in total. The van der Waals surface area contributed by atoms with Crippen LogP contribution in [0.3, 0.4) is 0 Å². The van der Waals surface area contributed by atoms with Crippen molar-refractivity contribution in [3.8, 4) is 5.75 Å². The van der Waals surface area contributed by atoms with E-state index in [2.05, 4.69) is 26.6 Å². The van der Waals surface area contributed by atoms with Crippen LogP contribution in [0.1, 0.15) is 15.9 Å². The number of amides is 2. The van der Waals surface area contributed by atoms with E-state index in [0.29, 0.717) is 11.3 Å². The minimum Gasteiger partial charge on any atom is -0.497 e. The van der Waals surface area contributed by atoms with Crippen LogP contribution in [0.4, 0.5) is 0 Å². The maximum atomic E-state index is 12.5. The first-order valence-corrected chi connectivity index (χ1v) is 8.64. The quantitative estimate of drug-likeness (QED) is 0.602. The monoisotopic (exact) mass is 418 g/mol. The molecule has 2 amide bonds. The van der Waals surface area contributed by atoms with Crippen LogP contribution in [0.5, 0.6) is 5.75 Å². The molecule has 0 atom stereocenters. The van der Waals surface area contributed by atoms with Gasteiger partial charge in [0.25, 0.3) is 11.8 Å². The van der Waals surface area contributed by atoms with Gasteiger partial charge in [0.1, 0.15) is 11.4 Å². The summed E-state index contributed by atoms with van der Waals surface area (Å²) in [6.07, 6.45) is 1.56. The maximum Gasteiger partial charge on any atom is 0.267 e. The molecule has 0 heterocycles. The SMILES string of the molecule is COc1ccc(C=C(NC(=O)c2cccc(Br)c2)C(=O)NCCO)cc1. The molecular formula is C19H19BrN2O4. The zero-order chi connectivity index (χ0) is 18.9. The molecule has 0 bridgehead atoms. The summed E-state index contributed by atoms with van der Waals surface area (Å²) < 4.78 is 5.87. The molecule has 0 aromatic heterocycles. The topological polar surface area (TPSA) is 87.7 Å². The summed E-state index contributed by atoms with van der Waals surface area (Å²) in [4.78, 5) is 24.8. The lowest BCUT2D eigenvalue weighted by Crippen LogP contribution is -2.36. The summed E-state index contributed by atoms with van der Waals surface area (Å²) in [5, 5.41) is 14.1. The number of hydrogen-bond acceptors (Lipinski definition) is 4. The standard InChI is InChI=1S/C19H19BrN2O4/c1-26-16-7-5-13(6-8-16)11-17(19(25)21-9-10-23)22-18(24)14-3-2-4-15(20)12-14/h2-8,11-12,23H,9-10H2,1H3,(H,21,25)(H,22,24). The highest BCUT2D eigenvalue weighted by molar-refractivity contribution is 9.10. The molecule has 0 saturated carbocycles. The van der Waals surface area contributed by atoms with E-state index in [1.165, 1.54) is 0 Å². The lowest BCUT2D eigenvalue weighted by molar-refractivity contribution is -0.117. The molecule has 0 spiro atoms. The maximum absolute atomic E-state index is 12.5. The third-order valence-electron chi connectivity index (χ3n) is 3.40. The van der Waals surface area contributed by atoms with Crippen LogP contribution in [0, 0.1) is 0 Å². The van der Waals surface area contributed by atoms with Crippen molar-refractivity contribution < 1.29 is 19.4 Å². The van der Waals surface area contributed by atoms with Crippen molar-refractivity contribution in [3.63, 3.8) is 0 Å². The van der Waals surface area contributed by atoms with Crippen molar-refractivity contribution in [1.29, 1.82) is 0 Å². The number of aliphatic hydroxyl groups is 1. The highest BCUT2D eigenvalue weighted by Gasteiger charge is 2.14. The van der Waals surface area contributed by atoms with Crippen molar-refractivity contribution in [2.75, 3.05) is 20.3 Å². The highest BCUT2D eigenvalue weighted by Crippen LogP contribution is 2.15. The Morgan fingerprint density at radius 1 is 1.19 bits per heavy atom. The molecule has 0 aliphatic carbocycles. The summed E-state index contributed by atoms with van der Waals surface area (Å²) in [7, 11) is 1.57. The Balaban J connectivity index is 2.26. The van der Waals surface area contributed by atoms with Gasteiger partial charge in [-0.3, -0.25) is 9.59 Å². The Kier molecular flexibility index (Phi) is 7.37. The average Bonchev–Trinajstić information content (AvgIpc) is 2.66. The third kappa shape index (κ3) is 5.72. The zero-order valence-corrected chi connectivity index (χ0v) is 15.7. The number of nitrogens with one attached hydrogen (secondary N) is 2. The van der Waals surface area contributed by atoms with Gasteiger partial charge in [0.2, 0.25) is 0 Å². The number of carbonyl (C=O) groups excluding carboxylic acids is 2. The van der Waals surface area contributed by atoms with Gasteiger partial charge < -0.3 is 20.5 Å². The highest BCUT2D eigenvalue weighted by atomic mass is 79.9. The molecule has 6 nitrogen and oxygen atoms in total. The molecule has 136 valence electrons. The Hall–Kier alpha value is -2.64.